The van der Waals surface area contributed by atoms with Crippen molar-refractivity contribution in [3.05, 3.63) is 101 Å². The van der Waals surface area contributed by atoms with E-state index in [1.165, 1.54) is 0 Å². The third-order valence-electron chi connectivity index (χ3n) is 6.79. The summed E-state index contributed by atoms with van der Waals surface area (Å²) >= 11 is 0. The average Bonchev–Trinajstić information content (AvgIpc) is 3.52. The molecule has 2 aromatic heterocycles. The summed E-state index contributed by atoms with van der Waals surface area (Å²) < 4.78 is 85.1. The number of imidazole rings is 1. The number of rotatable bonds is 7. The summed E-state index contributed by atoms with van der Waals surface area (Å²) in [5.74, 6) is -5.49. The van der Waals surface area contributed by atoms with E-state index in [4.69, 9.17) is 41.0 Å². The number of nitrogens with one attached hydrogen (secondary N) is 1. The van der Waals surface area contributed by atoms with Gasteiger partial charge in [0.25, 0.3) is 0 Å². The van der Waals surface area contributed by atoms with Crippen LogP contribution in [0.15, 0.2) is 72.9 Å². The van der Waals surface area contributed by atoms with Crippen LogP contribution in [0.1, 0.15) is 42.4 Å². The Balaban J connectivity index is 0.000000408. The van der Waals surface area contributed by atoms with Crippen LogP contribution in [0.2, 0.25) is 0 Å². The normalized spacial score (nSPS) is 11.9. The van der Waals surface area contributed by atoms with Gasteiger partial charge in [0, 0.05) is 16.6 Å². The van der Waals surface area contributed by atoms with Crippen molar-refractivity contribution in [3.8, 4) is 17.0 Å². The van der Waals surface area contributed by atoms with Crippen molar-refractivity contribution in [2.75, 3.05) is 18.1 Å². The van der Waals surface area contributed by atoms with Crippen LogP contribution in [0.4, 0.5) is 42.2 Å². The summed E-state index contributed by atoms with van der Waals surface area (Å²) in [6.45, 7) is 4.22. The van der Waals surface area contributed by atoms with Crippen LogP contribution in [0.25, 0.3) is 22.0 Å². The van der Waals surface area contributed by atoms with Gasteiger partial charge in [-0.3, -0.25) is 0 Å². The number of pyridine rings is 1. The number of aromatic nitrogens is 3. The first kappa shape index (κ1) is 38.6. The lowest BCUT2D eigenvalue weighted by atomic mass is 9.90. The van der Waals surface area contributed by atoms with Crippen LogP contribution in [-0.2, 0) is 16.0 Å². The molecule has 266 valence electrons. The number of nitrogens with zero attached hydrogens (tertiary/aromatic N) is 2. The molecule has 0 fully saturated rings. The van der Waals surface area contributed by atoms with E-state index in [0.717, 1.165) is 34.0 Å². The molecule has 0 aliphatic rings. The standard InChI is InChI=1S/C29H28FN5O.2C2HF3O2/c1-3-17-12-22(27(30)25(13-17)36-4-2)26(29-33-16-24(35-29)18-8-6-5-7-9-18)23-15-19-14-20(31)10-11-21(19)28(32)34-23;2*3-2(4,5)1(6)7/h5-16,26H,3-4,31H2,1-2H3,(H2,32,34)(H,33,35);2*(H,6,7). The minimum atomic E-state index is -5.08. The Morgan fingerprint density at radius 3 is 2.04 bits per heavy atom. The lowest BCUT2D eigenvalue weighted by Crippen LogP contribution is -2.21. The van der Waals surface area contributed by atoms with Gasteiger partial charge >= 0.3 is 24.3 Å². The molecule has 1 atom stereocenters. The summed E-state index contributed by atoms with van der Waals surface area (Å²) in [6, 6.07) is 20.8. The first-order chi connectivity index (χ1) is 23.4. The van der Waals surface area contributed by atoms with Gasteiger partial charge in [-0.15, -0.1) is 0 Å². The maximum Gasteiger partial charge on any atom is 0.490 e. The van der Waals surface area contributed by atoms with Crippen LogP contribution in [-0.4, -0.2) is 56.1 Å². The molecule has 5 rings (SSSR count). The highest BCUT2D eigenvalue weighted by Gasteiger charge is 2.39. The number of fused-ring (bicyclic) bond motifs is 1. The van der Waals surface area contributed by atoms with Crippen molar-refractivity contribution in [3.63, 3.8) is 0 Å². The fraction of sp³-hybridized carbons (Fsp3) is 0.212. The molecular formula is C33H30F7N5O5. The summed E-state index contributed by atoms with van der Waals surface area (Å²) in [7, 11) is 0. The number of H-pyrrole nitrogens is 1. The van der Waals surface area contributed by atoms with E-state index in [0.29, 0.717) is 35.2 Å². The molecule has 2 heterocycles. The number of aliphatic carboxylic acids is 2. The van der Waals surface area contributed by atoms with Crippen molar-refractivity contribution in [2.24, 2.45) is 0 Å². The predicted molar refractivity (Wildman–Crippen MR) is 170 cm³/mol. The fourth-order valence-corrected chi connectivity index (χ4v) is 4.52. The maximum absolute atomic E-state index is 16.0. The molecule has 5 aromatic rings. The highest BCUT2D eigenvalue weighted by atomic mass is 19.4. The number of hydrogen-bond donors (Lipinski definition) is 5. The summed E-state index contributed by atoms with van der Waals surface area (Å²) in [6.07, 6.45) is -7.69. The molecule has 7 N–H and O–H groups in total. The van der Waals surface area contributed by atoms with Gasteiger partial charge in [0.15, 0.2) is 11.6 Å². The number of nitrogens with two attached hydrogens (primary N) is 2. The largest absolute Gasteiger partial charge is 0.491 e. The van der Waals surface area contributed by atoms with E-state index in [1.54, 1.807) is 18.3 Å². The Hall–Kier alpha value is -5.87. The van der Waals surface area contributed by atoms with E-state index >= 15 is 4.39 Å². The molecule has 0 amide bonds. The number of aromatic amines is 1. The number of alkyl halides is 6. The Morgan fingerprint density at radius 2 is 1.50 bits per heavy atom. The minimum absolute atomic E-state index is 0.213. The number of hydrogen-bond acceptors (Lipinski definition) is 7. The number of aryl methyl sites for hydroxylation is 1. The lowest BCUT2D eigenvalue weighted by molar-refractivity contribution is -0.193. The van der Waals surface area contributed by atoms with Crippen molar-refractivity contribution in [2.45, 2.75) is 38.5 Å². The van der Waals surface area contributed by atoms with E-state index in [9.17, 15) is 26.3 Å². The molecule has 50 heavy (non-hydrogen) atoms. The molecule has 17 heteroatoms. The van der Waals surface area contributed by atoms with Gasteiger partial charge < -0.3 is 31.4 Å². The molecular weight excluding hydrogens is 679 g/mol. The molecule has 0 aliphatic carbocycles. The summed E-state index contributed by atoms with van der Waals surface area (Å²) in [4.78, 5) is 30.6. The van der Waals surface area contributed by atoms with E-state index in [-0.39, 0.29) is 5.75 Å². The van der Waals surface area contributed by atoms with Gasteiger partial charge in [-0.25, -0.2) is 23.9 Å². The zero-order valence-electron chi connectivity index (χ0n) is 26.2. The van der Waals surface area contributed by atoms with E-state index in [2.05, 4.69) is 9.97 Å². The maximum atomic E-state index is 16.0. The Morgan fingerprint density at radius 1 is 0.900 bits per heavy atom. The second-order valence-electron chi connectivity index (χ2n) is 10.3. The van der Waals surface area contributed by atoms with Crippen LogP contribution < -0.4 is 16.2 Å². The molecule has 3 aromatic carbocycles. The number of benzene rings is 3. The van der Waals surface area contributed by atoms with Gasteiger partial charge in [-0.1, -0.05) is 43.3 Å². The zero-order valence-corrected chi connectivity index (χ0v) is 26.2. The van der Waals surface area contributed by atoms with Crippen molar-refractivity contribution < 1.29 is 55.3 Å². The monoisotopic (exact) mass is 709 g/mol. The number of ether oxygens (including phenoxy) is 1. The molecule has 0 spiro atoms. The number of carbonyl (C=O) groups is 2. The zero-order chi connectivity index (χ0) is 37.4. The quantitative estimate of drug-likeness (QED) is 0.0855. The second kappa shape index (κ2) is 16.0. The highest BCUT2D eigenvalue weighted by Crippen LogP contribution is 2.38. The molecule has 0 aliphatic heterocycles. The number of carboxylic acids is 2. The molecule has 10 nitrogen and oxygen atoms in total. The first-order valence-electron chi connectivity index (χ1n) is 14.5. The van der Waals surface area contributed by atoms with Gasteiger partial charge in [-0.2, -0.15) is 26.3 Å². The third kappa shape index (κ3) is 9.83. The third-order valence-corrected chi connectivity index (χ3v) is 6.79. The average molecular weight is 710 g/mol. The number of carboxylic acid groups (broad SMARTS) is 2. The van der Waals surface area contributed by atoms with E-state index in [1.807, 2.05) is 68.4 Å². The first-order valence-corrected chi connectivity index (χ1v) is 14.5. The molecule has 0 bridgehead atoms. The summed E-state index contributed by atoms with van der Waals surface area (Å²) in [5.41, 5.74) is 16.8. The van der Waals surface area contributed by atoms with Gasteiger partial charge in [0.05, 0.1) is 30.1 Å². The van der Waals surface area contributed by atoms with Crippen LogP contribution >= 0.6 is 0 Å². The fourth-order valence-electron chi connectivity index (χ4n) is 4.52. The summed E-state index contributed by atoms with van der Waals surface area (Å²) in [5, 5.41) is 15.9. The van der Waals surface area contributed by atoms with Crippen LogP contribution in [0.3, 0.4) is 0 Å². The van der Waals surface area contributed by atoms with Gasteiger partial charge in [0.2, 0.25) is 0 Å². The molecule has 0 radical (unpaired) electrons. The van der Waals surface area contributed by atoms with Crippen LogP contribution in [0, 0.1) is 5.82 Å². The molecule has 0 saturated heterocycles. The Kier molecular flexibility index (Phi) is 12.4. The molecule has 0 saturated carbocycles. The second-order valence-corrected chi connectivity index (χ2v) is 10.3. The van der Waals surface area contributed by atoms with Crippen molar-refractivity contribution >= 4 is 34.2 Å². The predicted octanol–water partition coefficient (Wildman–Crippen LogP) is 7.34. The minimum Gasteiger partial charge on any atom is -0.491 e. The van der Waals surface area contributed by atoms with E-state index < -0.39 is 36.0 Å². The number of nitrogen functional groups attached to an aromatic ring is 2. The van der Waals surface area contributed by atoms with Gasteiger partial charge in [-0.05, 0) is 60.2 Å². The van der Waals surface area contributed by atoms with Crippen molar-refractivity contribution in [1.29, 1.82) is 0 Å². The number of halogens is 7. The van der Waals surface area contributed by atoms with Crippen molar-refractivity contribution in [1.82, 2.24) is 15.0 Å². The van der Waals surface area contributed by atoms with Gasteiger partial charge in [0.1, 0.15) is 11.6 Å². The van der Waals surface area contributed by atoms with Crippen LogP contribution in [0.5, 0.6) is 5.75 Å². The number of anilines is 2. The SMILES string of the molecule is CCOc1cc(CC)cc(C(c2cc3cc(N)ccc3c(N)n2)c2ncc(-c3ccccc3)[nH]2)c1F.O=C(O)C(F)(F)F.O=C(O)C(F)(F)F. The Bertz CT molecular complexity index is 1920. The molecule has 1 unspecified atom stereocenters. The Labute approximate surface area is 279 Å². The highest BCUT2D eigenvalue weighted by molar-refractivity contribution is 5.93. The topological polar surface area (TPSA) is 177 Å². The lowest BCUT2D eigenvalue weighted by Gasteiger charge is -2.20. The smallest absolute Gasteiger partial charge is 0.490 e.